The molecule has 0 amide bonds. The lowest BCUT2D eigenvalue weighted by atomic mass is 10.1. The van der Waals surface area contributed by atoms with Crippen molar-refractivity contribution in [2.24, 2.45) is 0 Å². The molecule has 3 aromatic rings. The molecular weight excluding hydrogens is 398 g/mol. The minimum absolute atomic E-state index is 0.473. The summed E-state index contributed by atoms with van der Waals surface area (Å²) in [7, 11) is 0. The Morgan fingerprint density at radius 2 is 1.75 bits per heavy atom. The van der Waals surface area contributed by atoms with Crippen molar-refractivity contribution in [3.05, 3.63) is 53.9 Å². The van der Waals surface area contributed by atoms with Crippen LogP contribution in [0.15, 0.2) is 42.5 Å². The Labute approximate surface area is 191 Å². The quantitative estimate of drug-likeness (QED) is 0.230. The normalized spacial score (nSPS) is 11.5. The van der Waals surface area contributed by atoms with Gasteiger partial charge in [0.25, 0.3) is 0 Å². The third-order valence-electron chi connectivity index (χ3n) is 5.35. The highest BCUT2D eigenvalue weighted by atomic mass is 16.5. The van der Waals surface area contributed by atoms with Gasteiger partial charge in [0.1, 0.15) is 11.9 Å². The third kappa shape index (κ3) is 6.62. The number of hydrogen-bond acceptors (Lipinski definition) is 4. The molecule has 168 valence electrons. The lowest BCUT2D eigenvalue weighted by molar-refractivity contribution is 0.270. The summed E-state index contributed by atoms with van der Waals surface area (Å²) in [5.41, 5.74) is 3.09. The van der Waals surface area contributed by atoms with Gasteiger partial charge >= 0.3 is 0 Å². The molecule has 3 rings (SSSR count). The molecule has 0 fully saturated rings. The van der Waals surface area contributed by atoms with Gasteiger partial charge in [-0.3, -0.25) is 0 Å². The number of nitrogens with zero attached hydrogens (tertiary/aromatic N) is 2. The number of ether oxygens (including phenoxy) is 2. The summed E-state index contributed by atoms with van der Waals surface area (Å²) in [6.45, 7) is 5.43. The van der Waals surface area contributed by atoms with E-state index in [1.165, 1.54) is 38.5 Å². The van der Waals surface area contributed by atoms with E-state index in [1.54, 1.807) is 0 Å². The van der Waals surface area contributed by atoms with Crippen LogP contribution in [0.2, 0.25) is 0 Å². The van der Waals surface area contributed by atoms with Crippen molar-refractivity contribution in [2.75, 3.05) is 13.2 Å². The molecule has 0 atom stereocenters. The Bertz CT molecular complexity index is 1030. The van der Waals surface area contributed by atoms with Gasteiger partial charge in [0.2, 0.25) is 0 Å². The molecular formula is C27H33N3O2. The van der Waals surface area contributed by atoms with Gasteiger partial charge in [-0.2, -0.15) is 5.26 Å². The van der Waals surface area contributed by atoms with Crippen molar-refractivity contribution in [3.8, 4) is 17.6 Å². The fourth-order valence-electron chi connectivity index (χ4n) is 3.64. The summed E-state index contributed by atoms with van der Waals surface area (Å²) < 4.78 is 11.8. The van der Waals surface area contributed by atoms with E-state index in [0.29, 0.717) is 30.4 Å². The van der Waals surface area contributed by atoms with E-state index in [-0.39, 0.29) is 0 Å². The summed E-state index contributed by atoms with van der Waals surface area (Å²) in [6.07, 6.45) is 10.6. The zero-order valence-corrected chi connectivity index (χ0v) is 19.2. The number of benzene rings is 2. The molecule has 5 nitrogen and oxygen atoms in total. The van der Waals surface area contributed by atoms with Crippen LogP contribution in [0.5, 0.6) is 11.5 Å². The average Bonchev–Trinajstić information content (AvgIpc) is 3.24. The van der Waals surface area contributed by atoms with E-state index in [0.717, 1.165) is 28.8 Å². The first-order chi connectivity index (χ1) is 15.7. The number of fused-ring (bicyclic) bond motifs is 1. The average molecular weight is 432 g/mol. The highest BCUT2D eigenvalue weighted by Gasteiger charge is 2.10. The minimum Gasteiger partial charge on any atom is -0.490 e. The molecule has 1 aromatic heterocycles. The number of allylic oxidation sites excluding steroid dienone is 1. The minimum atomic E-state index is 0.473. The van der Waals surface area contributed by atoms with E-state index < -0.39 is 0 Å². The van der Waals surface area contributed by atoms with Crippen LogP contribution in [0.1, 0.15) is 70.2 Å². The SMILES string of the molecule is CCCCCCCCCOc1ccc(/C=C(/C#N)c2nc3ccccc3[nH]2)cc1OCC. The second-order valence-corrected chi connectivity index (χ2v) is 7.88. The predicted molar refractivity (Wildman–Crippen MR) is 131 cm³/mol. The van der Waals surface area contributed by atoms with Crippen LogP contribution < -0.4 is 9.47 Å². The van der Waals surface area contributed by atoms with Crippen molar-refractivity contribution in [1.82, 2.24) is 9.97 Å². The molecule has 0 saturated carbocycles. The molecule has 0 bridgehead atoms. The Kier molecular flexibility index (Phi) is 9.19. The maximum Gasteiger partial charge on any atom is 0.161 e. The van der Waals surface area contributed by atoms with Crippen LogP contribution >= 0.6 is 0 Å². The van der Waals surface area contributed by atoms with Gasteiger partial charge < -0.3 is 14.5 Å². The van der Waals surface area contributed by atoms with Gasteiger partial charge in [-0.15, -0.1) is 0 Å². The molecule has 1 heterocycles. The third-order valence-corrected chi connectivity index (χ3v) is 5.35. The van der Waals surface area contributed by atoms with Gasteiger partial charge in [-0.25, -0.2) is 4.98 Å². The van der Waals surface area contributed by atoms with Crippen LogP contribution in [-0.4, -0.2) is 23.2 Å². The zero-order chi connectivity index (χ0) is 22.6. The van der Waals surface area contributed by atoms with E-state index >= 15 is 0 Å². The summed E-state index contributed by atoms with van der Waals surface area (Å²) in [6, 6.07) is 15.8. The van der Waals surface area contributed by atoms with E-state index in [2.05, 4.69) is 23.0 Å². The van der Waals surface area contributed by atoms with Crippen molar-refractivity contribution in [2.45, 2.75) is 58.8 Å². The van der Waals surface area contributed by atoms with Crippen LogP contribution in [0.25, 0.3) is 22.7 Å². The van der Waals surface area contributed by atoms with Crippen LogP contribution in [-0.2, 0) is 0 Å². The lowest BCUT2D eigenvalue weighted by Gasteiger charge is -2.13. The Hall–Kier alpha value is -3.26. The summed E-state index contributed by atoms with van der Waals surface area (Å²) in [4.78, 5) is 7.75. The van der Waals surface area contributed by atoms with Crippen molar-refractivity contribution < 1.29 is 9.47 Å². The molecule has 32 heavy (non-hydrogen) atoms. The maximum atomic E-state index is 9.69. The molecule has 0 spiro atoms. The fraction of sp³-hybridized carbons (Fsp3) is 0.407. The van der Waals surface area contributed by atoms with E-state index in [4.69, 9.17) is 9.47 Å². The first-order valence-corrected chi connectivity index (χ1v) is 11.7. The van der Waals surface area contributed by atoms with Gasteiger partial charge in [0.05, 0.1) is 29.8 Å². The monoisotopic (exact) mass is 431 g/mol. The molecule has 2 aromatic carbocycles. The number of rotatable bonds is 13. The molecule has 5 heteroatoms. The van der Waals surface area contributed by atoms with Crippen molar-refractivity contribution in [3.63, 3.8) is 0 Å². The molecule has 0 aliphatic carbocycles. The Morgan fingerprint density at radius 1 is 0.969 bits per heavy atom. The molecule has 0 saturated heterocycles. The van der Waals surface area contributed by atoms with Crippen LogP contribution in [0.4, 0.5) is 0 Å². The Balaban J connectivity index is 1.65. The lowest BCUT2D eigenvalue weighted by Crippen LogP contribution is -2.01. The summed E-state index contributed by atoms with van der Waals surface area (Å²) in [5, 5.41) is 9.69. The van der Waals surface area contributed by atoms with E-state index in [1.807, 2.05) is 55.5 Å². The molecule has 0 aliphatic heterocycles. The van der Waals surface area contributed by atoms with Gasteiger partial charge in [0, 0.05) is 0 Å². The standard InChI is InChI=1S/C27H33N3O2/c1-3-5-6-7-8-9-12-17-32-25-16-15-21(19-26(25)31-4-2)18-22(20-28)27-29-23-13-10-11-14-24(23)30-27/h10-11,13-16,18-19H,3-9,12,17H2,1-2H3,(H,29,30)/b22-18-. The first kappa shape index (κ1) is 23.4. The number of H-pyrrole nitrogens is 1. The number of aromatic nitrogens is 2. The predicted octanol–water partition coefficient (Wildman–Crippen LogP) is 7.16. The van der Waals surface area contributed by atoms with Gasteiger partial charge in [0.15, 0.2) is 11.5 Å². The summed E-state index contributed by atoms with van der Waals surface area (Å²) in [5.74, 6) is 2.01. The van der Waals surface area contributed by atoms with Gasteiger partial charge in [-0.1, -0.05) is 63.6 Å². The second-order valence-electron chi connectivity index (χ2n) is 7.88. The van der Waals surface area contributed by atoms with Crippen molar-refractivity contribution >= 4 is 22.7 Å². The maximum absolute atomic E-state index is 9.69. The fourth-order valence-corrected chi connectivity index (χ4v) is 3.64. The first-order valence-electron chi connectivity index (χ1n) is 11.7. The number of nitriles is 1. The summed E-state index contributed by atoms with van der Waals surface area (Å²) >= 11 is 0. The van der Waals surface area contributed by atoms with Gasteiger partial charge in [-0.05, 0) is 49.2 Å². The topological polar surface area (TPSA) is 70.9 Å². The highest BCUT2D eigenvalue weighted by molar-refractivity contribution is 5.90. The van der Waals surface area contributed by atoms with Crippen LogP contribution in [0.3, 0.4) is 0 Å². The smallest absolute Gasteiger partial charge is 0.161 e. The van der Waals surface area contributed by atoms with Crippen molar-refractivity contribution in [1.29, 1.82) is 5.26 Å². The largest absolute Gasteiger partial charge is 0.490 e. The molecule has 1 N–H and O–H groups in total. The number of imidazole rings is 1. The second kappa shape index (κ2) is 12.6. The zero-order valence-electron chi connectivity index (χ0n) is 19.2. The number of aromatic amines is 1. The number of para-hydroxylation sites is 2. The molecule has 0 unspecified atom stereocenters. The number of nitrogens with one attached hydrogen (secondary N) is 1. The van der Waals surface area contributed by atoms with E-state index in [9.17, 15) is 5.26 Å². The van der Waals surface area contributed by atoms with Crippen LogP contribution in [0, 0.1) is 11.3 Å². The highest BCUT2D eigenvalue weighted by Crippen LogP contribution is 2.30. The number of unbranched alkanes of at least 4 members (excludes halogenated alkanes) is 6. The molecule has 0 radical (unpaired) electrons. The number of hydrogen-bond donors (Lipinski definition) is 1. The molecule has 0 aliphatic rings. The Morgan fingerprint density at radius 3 is 2.50 bits per heavy atom.